The van der Waals surface area contributed by atoms with Gasteiger partial charge in [0.25, 0.3) is 5.91 Å². The maximum Gasteiger partial charge on any atom is 0.252 e. The predicted octanol–water partition coefficient (Wildman–Crippen LogP) is 1.85. The minimum absolute atomic E-state index is 0.00160. The van der Waals surface area contributed by atoms with Crippen molar-refractivity contribution in [2.45, 2.75) is 18.4 Å². The molecule has 1 fully saturated rings. The number of halogens is 1. The Morgan fingerprint density at radius 3 is 2.90 bits per heavy atom. The first-order valence-corrected chi connectivity index (χ1v) is 8.81. The monoisotopic (exact) mass is 374 g/mol. The van der Waals surface area contributed by atoms with Crippen molar-refractivity contribution in [3.05, 3.63) is 28.5 Å². The smallest absolute Gasteiger partial charge is 0.252 e. The third-order valence-corrected chi connectivity index (χ3v) is 4.86. The van der Waals surface area contributed by atoms with E-state index in [2.05, 4.69) is 26.2 Å². The lowest BCUT2D eigenvalue weighted by atomic mass is 9.96. The van der Waals surface area contributed by atoms with Crippen LogP contribution in [0.25, 0.3) is 0 Å². The molecule has 1 amide bonds. The van der Waals surface area contributed by atoms with Crippen LogP contribution < -0.4 is 5.32 Å². The molecule has 0 unspecified atom stereocenters. The molecular weight excluding hydrogens is 356 g/mol. The molecule has 0 saturated carbocycles. The van der Waals surface area contributed by atoms with Gasteiger partial charge in [0.1, 0.15) is 0 Å². The fourth-order valence-electron chi connectivity index (χ4n) is 2.26. The van der Waals surface area contributed by atoms with E-state index in [1.807, 2.05) is 11.8 Å². The van der Waals surface area contributed by atoms with Crippen LogP contribution in [0.3, 0.4) is 0 Å². The van der Waals surface area contributed by atoms with E-state index in [1.54, 1.807) is 12.3 Å². The number of carbonyl (C=O) groups is 1. The zero-order valence-corrected chi connectivity index (χ0v) is 14.1. The van der Waals surface area contributed by atoms with Gasteiger partial charge in [0.05, 0.1) is 24.4 Å². The van der Waals surface area contributed by atoms with E-state index in [9.17, 15) is 4.79 Å². The molecular formula is C14H19BrN2O3S. The summed E-state index contributed by atoms with van der Waals surface area (Å²) in [6, 6.07) is 1.74. The minimum atomic E-state index is -0.358. The molecule has 21 heavy (non-hydrogen) atoms. The van der Waals surface area contributed by atoms with Crippen molar-refractivity contribution >= 4 is 33.6 Å². The molecule has 0 aliphatic carbocycles. The molecule has 116 valence electrons. The summed E-state index contributed by atoms with van der Waals surface area (Å²) >= 11 is 5.20. The summed E-state index contributed by atoms with van der Waals surface area (Å²) in [6.07, 6.45) is 4.95. The summed E-state index contributed by atoms with van der Waals surface area (Å²) in [6.45, 7) is 0.760. The molecule has 0 radical (unpaired) electrons. The Morgan fingerprint density at radius 2 is 2.24 bits per heavy atom. The molecule has 2 N–H and O–H groups in total. The molecule has 1 aliphatic rings. The molecule has 2 rings (SSSR count). The number of nitrogens with zero attached hydrogens (tertiary/aromatic N) is 1. The van der Waals surface area contributed by atoms with Gasteiger partial charge in [-0.15, -0.1) is 0 Å². The second-order valence-corrected chi connectivity index (χ2v) is 7.08. The van der Waals surface area contributed by atoms with E-state index in [0.717, 1.165) is 28.8 Å². The highest BCUT2D eigenvalue weighted by molar-refractivity contribution is 9.10. The van der Waals surface area contributed by atoms with Crippen molar-refractivity contribution in [2.75, 3.05) is 31.3 Å². The molecule has 1 aliphatic heterocycles. The van der Waals surface area contributed by atoms with Gasteiger partial charge in [-0.1, -0.05) is 0 Å². The summed E-state index contributed by atoms with van der Waals surface area (Å²) < 4.78 is 6.60. The standard InChI is InChI=1S/C14H19BrN2O3S/c15-12-7-11(8-16-9-12)13(19)17-10-14(20-4-3-18)1-5-21-6-2-14/h7-9,18H,1-6,10H2,(H,17,19). The lowest BCUT2D eigenvalue weighted by Crippen LogP contribution is -2.48. The molecule has 7 heteroatoms. The normalized spacial score (nSPS) is 17.4. The number of pyridine rings is 1. The maximum atomic E-state index is 12.2. The first-order valence-electron chi connectivity index (χ1n) is 6.86. The van der Waals surface area contributed by atoms with Gasteiger partial charge in [-0.25, -0.2) is 0 Å². The van der Waals surface area contributed by atoms with E-state index < -0.39 is 0 Å². The zero-order chi connectivity index (χ0) is 15.1. The Morgan fingerprint density at radius 1 is 1.48 bits per heavy atom. The summed E-state index contributed by atoms with van der Waals surface area (Å²) in [5.74, 6) is 1.87. The minimum Gasteiger partial charge on any atom is -0.394 e. The number of nitrogens with one attached hydrogen (secondary N) is 1. The lowest BCUT2D eigenvalue weighted by molar-refractivity contribution is -0.0608. The number of hydrogen-bond acceptors (Lipinski definition) is 5. The van der Waals surface area contributed by atoms with Crippen molar-refractivity contribution in [1.82, 2.24) is 10.3 Å². The van der Waals surface area contributed by atoms with E-state index in [1.165, 1.54) is 6.20 Å². The Labute approximate surface area is 137 Å². The van der Waals surface area contributed by atoms with E-state index >= 15 is 0 Å². The van der Waals surface area contributed by atoms with Crippen LogP contribution in [-0.4, -0.2) is 52.9 Å². The number of amides is 1. The van der Waals surface area contributed by atoms with Crippen molar-refractivity contribution < 1.29 is 14.6 Å². The van der Waals surface area contributed by atoms with E-state index in [-0.39, 0.29) is 18.1 Å². The summed E-state index contributed by atoms with van der Waals surface area (Å²) in [7, 11) is 0. The topological polar surface area (TPSA) is 71.5 Å². The second-order valence-electron chi connectivity index (χ2n) is 4.94. The van der Waals surface area contributed by atoms with Gasteiger partial charge in [-0.2, -0.15) is 11.8 Å². The Kier molecular flexibility index (Phi) is 6.47. The summed E-state index contributed by atoms with van der Waals surface area (Å²) in [5.41, 5.74) is 0.162. The van der Waals surface area contributed by atoms with Crippen molar-refractivity contribution in [3.8, 4) is 0 Å². The number of aliphatic hydroxyl groups excluding tert-OH is 1. The number of ether oxygens (including phenoxy) is 1. The summed E-state index contributed by atoms with van der Waals surface area (Å²) in [4.78, 5) is 16.2. The molecule has 1 saturated heterocycles. The number of hydrogen-bond donors (Lipinski definition) is 2. The van der Waals surface area contributed by atoms with Gasteiger partial charge in [0.2, 0.25) is 0 Å². The molecule has 0 aromatic carbocycles. The fourth-order valence-corrected chi connectivity index (χ4v) is 3.86. The quantitative estimate of drug-likeness (QED) is 0.794. The number of aliphatic hydroxyl groups is 1. The zero-order valence-electron chi connectivity index (χ0n) is 11.7. The van der Waals surface area contributed by atoms with Gasteiger partial charge in [0, 0.05) is 23.4 Å². The average Bonchev–Trinajstić information content (AvgIpc) is 2.52. The highest BCUT2D eigenvalue weighted by Crippen LogP contribution is 2.30. The lowest BCUT2D eigenvalue weighted by Gasteiger charge is -2.37. The number of thioether (sulfide) groups is 1. The third-order valence-electron chi connectivity index (χ3n) is 3.44. The van der Waals surface area contributed by atoms with Gasteiger partial charge in [0.15, 0.2) is 0 Å². The summed E-state index contributed by atoms with van der Waals surface area (Å²) in [5, 5.41) is 11.9. The largest absolute Gasteiger partial charge is 0.394 e. The van der Waals surface area contributed by atoms with Crippen LogP contribution in [0.2, 0.25) is 0 Å². The van der Waals surface area contributed by atoms with Gasteiger partial charge in [-0.3, -0.25) is 9.78 Å². The van der Waals surface area contributed by atoms with Crippen LogP contribution in [0.4, 0.5) is 0 Å². The van der Waals surface area contributed by atoms with Crippen LogP contribution in [0.1, 0.15) is 23.2 Å². The van der Waals surface area contributed by atoms with E-state index in [0.29, 0.717) is 18.7 Å². The first kappa shape index (κ1) is 16.7. The van der Waals surface area contributed by atoms with Crippen molar-refractivity contribution in [3.63, 3.8) is 0 Å². The Bertz CT molecular complexity index is 481. The van der Waals surface area contributed by atoms with Crippen molar-refractivity contribution in [2.24, 2.45) is 0 Å². The number of rotatable bonds is 6. The Hall–Kier alpha value is -0.630. The van der Waals surface area contributed by atoms with Crippen LogP contribution in [0, 0.1) is 0 Å². The maximum absolute atomic E-state index is 12.2. The van der Waals surface area contributed by atoms with Crippen molar-refractivity contribution in [1.29, 1.82) is 0 Å². The van der Waals surface area contributed by atoms with Gasteiger partial charge >= 0.3 is 0 Å². The molecule has 0 bridgehead atoms. The molecule has 0 atom stereocenters. The molecule has 2 heterocycles. The van der Waals surface area contributed by atoms with Gasteiger partial charge in [-0.05, 0) is 46.3 Å². The van der Waals surface area contributed by atoms with E-state index in [4.69, 9.17) is 9.84 Å². The highest BCUT2D eigenvalue weighted by Gasteiger charge is 2.33. The molecule has 0 spiro atoms. The molecule has 1 aromatic heterocycles. The fraction of sp³-hybridized carbons (Fsp3) is 0.571. The Balaban J connectivity index is 1.96. The van der Waals surface area contributed by atoms with Crippen LogP contribution >= 0.6 is 27.7 Å². The van der Waals surface area contributed by atoms with Crippen LogP contribution in [-0.2, 0) is 4.74 Å². The molecule has 5 nitrogen and oxygen atoms in total. The molecule has 1 aromatic rings. The highest BCUT2D eigenvalue weighted by atomic mass is 79.9. The SMILES string of the molecule is O=C(NCC1(OCCO)CCSCC1)c1cncc(Br)c1. The number of aromatic nitrogens is 1. The third kappa shape index (κ3) is 4.95. The number of carbonyl (C=O) groups excluding carboxylic acids is 1. The first-order chi connectivity index (χ1) is 10.2. The average molecular weight is 375 g/mol. The van der Waals surface area contributed by atoms with Crippen LogP contribution in [0.15, 0.2) is 22.9 Å². The second kappa shape index (κ2) is 8.12. The predicted molar refractivity (Wildman–Crippen MR) is 86.6 cm³/mol. The van der Waals surface area contributed by atoms with Crippen LogP contribution in [0.5, 0.6) is 0 Å². The van der Waals surface area contributed by atoms with Gasteiger partial charge < -0.3 is 15.2 Å².